The molecule has 0 bridgehead atoms. The summed E-state index contributed by atoms with van der Waals surface area (Å²) in [6.45, 7) is 21.0. The van der Waals surface area contributed by atoms with Crippen LogP contribution < -0.4 is 10.2 Å². The van der Waals surface area contributed by atoms with Gasteiger partial charge in [0.2, 0.25) is 0 Å². The summed E-state index contributed by atoms with van der Waals surface area (Å²) in [5, 5.41) is 0.558. The van der Waals surface area contributed by atoms with Crippen molar-refractivity contribution in [2.75, 3.05) is 13.9 Å². The Hall–Kier alpha value is -1.92. The van der Waals surface area contributed by atoms with Crippen molar-refractivity contribution in [3.63, 3.8) is 0 Å². The normalized spacial score (nSPS) is 17.1. The lowest BCUT2D eigenvalue weighted by Crippen LogP contribution is -2.43. The van der Waals surface area contributed by atoms with Gasteiger partial charge in [-0.1, -0.05) is 47.5 Å². The molecule has 1 fully saturated rings. The van der Waals surface area contributed by atoms with Crippen molar-refractivity contribution in [1.29, 1.82) is 0 Å². The Morgan fingerprint density at radius 1 is 0.892 bits per heavy atom. The summed E-state index contributed by atoms with van der Waals surface area (Å²) in [6, 6.07) is 4.18. The standard InChI is InChI=1S/C29H41BF2O4Si/c1-18(2)37(19(3)4,20(5)6)13-12-22-25(31)16-26(32)23-14-21(34-17-33-11)15-24(27(22)23)30-35-28(7,8)29(9,10)36-30/h14-16,18-20H,17H2,1-11H3. The van der Waals surface area contributed by atoms with Crippen LogP contribution in [0.5, 0.6) is 5.75 Å². The Labute approximate surface area is 222 Å². The maximum Gasteiger partial charge on any atom is 0.495 e. The maximum atomic E-state index is 15.6. The van der Waals surface area contributed by atoms with E-state index in [4.69, 9.17) is 18.8 Å². The van der Waals surface area contributed by atoms with Crippen LogP contribution in [0, 0.1) is 23.1 Å². The van der Waals surface area contributed by atoms with E-state index in [-0.39, 0.29) is 17.7 Å². The molecule has 1 heterocycles. The van der Waals surface area contributed by atoms with Crippen LogP contribution in [-0.2, 0) is 14.0 Å². The quantitative estimate of drug-likeness (QED) is 0.220. The summed E-state index contributed by atoms with van der Waals surface area (Å²) >= 11 is 0. The average Bonchev–Trinajstić information content (AvgIpc) is 3.00. The Balaban J connectivity index is 2.38. The molecule has 2 aromatic carbocycles. The Morgan fingerprint density at radius 3 is 1.92 bits per heavy atom. The van der Waals surface area contributed by atoms with E-state index in [1.165, 1.54) is 7.11 Å². The van der Waals surface area contributed by atoms with E-state index < -0.39 is 38.0 Å². The van der Waals surface area contributed by atoms with Crippen LogP contribution in [0.2, 0.25) is 16.6 Å². The van der Waals surface area contributed by atoms with E-state index in [0.717, 1.165) is 6.07 Å². The molecule has 1 aliphatic heterocycles. The molecule has 202 valence electrons. The molecule has 2 aromatic rings. The van der Waals surface area contributed by atoms with Gasteiger partial charge in [0.25, 0.3) is 0 Å². The number of methoxy groups -OCH3 is 1. The van der Waals surface area contributed by atoms with Crippen molar-refractivity contribution in [2.24, 2.45) is 0 Å². The number of benzene rings is 2. The van der Waals surface area contributed by atoms with Gasteiger partial charge in [-0.25, -0.2) is 8.78 Å². The van der Waals surface area contributed by atoms with Crippen LogP contribution in [0.15, 0.2) is 18.2 Å². The highest BCUT2D eigenvalue weighted by atomic mass is 28.3. The lowest BCUT2D eigenvalue weighted by atomic mass is 9.74. The van der Waals surface area contributed by atoms with Gasteiger partial charge >= 0.3 is 7.12 Å². The van der Waals surface area contributed by atoms with Crippen LogP contribution in [0.25, 0.3) is 10.8 Å². The fourth-order valence-electron chi connectivity index (χ4n) is 5.58. The molecule has 37 heavy (non-hydrogen) atoms. The predicted molar refractivity (Wildman–Crippen MR) is 150 cm³/mol. The zero-order valence-corrected chi connectivity index (χ0v) is 25.1. The average molecular weight is 531 g/mol. The number of rotatable bonds is 7. The van der Waals surface area contributed by atoms with Gasteiger partial charge in [-0.15, -0.1) is 5.54 Å². The molecule has 3 rings (SSSR count). The lowest BCUT2D eigenvalue weighted by molar-refractivity contribution is 0.00578. The molecular formula is C29H41BF2O4Si. The molecular weight excluding hydrogens is 489 g/mol. The summed E-state index contributed by atoms with van der Waals surface area (Å²) in [4.78, 5) is 0. The van der Waals surface area contributed by atoms with Gasteiger partial charge in [0.05, 0.1) is 16.8 Å². The summed E-state index contributed by atoms with van der Waals surface area (Å²) in [5.41, 5.74) is 4.06. The molecule has 0 amide bonds. The maximum absolute atomic E-state index is 15.6. The monoisotopic (exact) mass is 530 g/mol. The summed E-state index contributed by atoms with van der Waals surface area (Å²) < 4.78 is 54.3. The predicted octanol–water partition coefficient (Wildman–Crippen LogP) is 6.97. The second kappa shape index (κ2) is 10.7. The highest BCUT2D eigenvalue weighted by Gasteiger charge is 2.52. The first-order chi connectivity index (χ1) is 17.1. The molecule has 0 saturated carbocycles. The molecule has 0 unspecified atom stereocenters. The number of hydrogen-bond acceptors (Lipinski definition) is 4. The van der Waals surface area contributed by atoms with E-state index in [9.17, 15) is 0 Å². The Bertz CT molecular complexity index is 1180. The molecule has 0 spiro atoms. The zero-order chi connectivity index (χ0) is 27.9. The molecule has 0 atom stereocenters. The largest absolute Gasteiger partial charge is 0.495 e. The lowest BCUT2D eigenvalue weighted by Gasteiger charge is -2.38. The highest BCUT2D eigenvalue weighted by Crippen LogP contribution is 2.41. The van der Waals surface area contributed by atoms with Crippen LogP contribution in [0.3, 0.4) is 0 Å². The molecule has 0 radical (unpaired) electrons. The van der Waals surface area contributed by atoms with Gasteiger partial charge in [-0.05, 0) is 61.9 Å². The van der Waals surface area contributed by atoms with Crippen LogP contribution in [-0.4, -0.2) is 40.3 Å². The third kappa shape index (κ3) is 5.34. The van der Waals surface area contributed by atoms with E-state index in [0.29, 0.717) is 33.2 Å². The summed E-state index contributed by atoms with van der Waals surface area (Å²) in [6.07, 6.45) is 0. The van der Waals surface area contributed by atoms with E-state index in [1.54, 1.807) is 12.1 Å². The van der Waals surface area contributed by atoms with Gasteiger partial charge in [0.1, 0.15) is 25.5 Å². The van der Waals surface area contributed by atoms with Crippen molar-refractivity contribution >= 4 is 31.4 Å². The highest BCUT2D eigenvalue weighted by molar-refractivity contribution is 6.90. The molecule has 8 heteroatoms. The minimum absolute atomic E-state index is 0.0188. The SMILES string of the molecule is COCOc1cc(B2OC(C)(C)C(C)(C)O2)c2c(C#C[Si](C(C)C)(C(C)C)C(C)C)c(F)cc(F)c2c1. The van der Waals surface area contributed by atoms with Crippen LogP contribution in [0.1, 0.15) is 74.8 Å². The molecule has 4 nitrogen and oxygen atoms in total. The van der Waals surface area contributed by atoms with Gasteiger partial charge in [-0.2, -0.15) is 0 Å². The third-order valence-electron chi connectivity index (χ3n) is 8.26. The van der Waals surface area contributed by atoms with E-state index in [1.807, 2.05) is 27.7 Å². The summed E-state index contributed by atoms with van der Waals surface area (Å²) in [5.74, 6) is 2.21. The van der Waals surface area contributed by atoms with Crippen molar-refractivity contribution in [2.45, 2.75) is 97.1 Å². The molecule has 1 aliphatic rings. The van der Waals surface area contributed by atoms with Gasteiger partial charge < -0.3 is 18.8 Å². The zero-order valence-electron chi connectivity index (χ0n) is 24.1. The Kier molecular flexibility index (Phi) is 8.56. The number of ether oxygens (including phenoxy) is 2. The minimum Gasteiger partial charge on any atom is -0.468 e. The van der Waals surface area contributed by atoms with Gasteiger partial charge in [0.15, 0.2) is 6.79 Å². The van der Waals surface area contributed by atoms with Crippen molar-refractivity contribution in [1.82, 2.24) is 0 Å². The molecule has 0 aliphatic carbocycles. The first-order valence-electron chi connectivity index (χ1n) is 13.0. The topological polar surface area (TPSA) is 36.9 Å². The third-order valence-corrected chi connectivity index (χ3v) is 14.6. The first-order valence-corrected chi connectivity index (χ1v) is 15.3. The van der Waals surface area contributed by atoms with Crippen molar-refractivity contribution < 1.29 is 27.6 Å². The number of hydrogen-bond donors (Lipinski definition) is 0. The molecule has 1 saturated heterocycles. The second-order valence-electron chi connectivity index (χ2n) is 11.9. The van der Waals surface area contributed by atoms with Gasteiger partial charge in [0, 0.05) is 23.9 Å². The fraction of sp³-hybridized carbons (Fsp3) is 0.586. The molecule has 0 N–H and O–H groups in total. The van der Waals surface area contributed by atoms with Crippen molar-refractivity contribution in [3.8, 4) is 17.2 Å². The number of halogens is 2. The first kappa shape index (κ1) is 29.6. The molecule has 0 aromatic heterocycles. The van der Waals surface area contributed by atoms with Crippen LogP contribution in [0.4, 0.5) is 8.78 Å². The van der Waals surface area contributed by atoms with Crippen LogP contribution >= 0.6 is 0 Å². The van der Waals surface area contributed by atoms with E-state index in [2.05, 4.69) is 53.0 Å². The number of fused-ring (bicyclic) bond motifs is 1. The second-order valence-corrected chi connectivity index (χ2v) is 17.5. The fourth-order valence-corrected chi connectivity index (χ4v) is 10.8. The summed E-state index contributed by atoms with van der Waals surface area (Å²) in [7, 11) is -1.53. The smallest absolute Gasteiger partial charge is 0.468 e. The van der Waals surface area contributed by atoms with Gasteiger partial charge in [-0.3, -0.25) is 0 Å². The van der Waals surface area contributed by atoms with Crippen molar-refractivity contribution in [3.05, 3.63) is 35.4 Å². The Morgan fingerprint density at radius 2 is 1.43 bits per heavy atom. The van der Waals surface area contributed by atoms with E-state index >= 15 is 8.78 Å². The minimum atomic E-state index is -2.18.